The van der Waals surface area contributed by atoms with Gasteiger partial charge in [0.2, 0.25) is 0 Å². The Bertz CT molecular complexity index is 902. The van der Waals surface area contributed by atoms with Crippen LogP contribution in [0.25, 0.3) is 0 Å². The van der Waals surface area contributed by atoms with Gasteiger partial charge in [0, 0.05) is 11.4 Å². The molecule has 0 bridgehead atoms. The number of anilines is 1. The third kappa shape index (κ3) is 4.04. The lowest BCUT2D eigenvalue weighted by Crippen LogP contribution is -2.14. The molecule has 4 heteroatoms. The predicted octanol–water partition coefficient (Wildman–Crippen LogP) is 5.05. The Morgan fingerprint density at radius 3 is 2.32 bits per heavy atom. The van der Waals surface area contributed by atoms with Gasteiger partial charge in [-0.15, -0.1) is 0 Å². The quantitative estimate of drug-likeness (QED) is 0.727. The van der Waals surface area contributed by atoms with E-state index in [1.165, 1.54) is 0 Å². The van der Waals surface area contributed by atoms with Gasteiger partial charge in [0.25, 0.3) is 5.91 Å². The lowest BCUT2D eigenvalue weighted by molar-refractivity contribution is 0.102. The number of aromatic nitrogens is 1. The van der Waals surface area contributed by atoms with Crippen LogP contribution in [0.1, 0.15) is 27.3 Å². The fourth-order valence-electron chi connectivity index (χ4n) is 2.53. The van der Waals surface area contributed by atoms with Crippen LogP contribution in [0.3, 0.4) is 0 Å². The number of nitrogens with one attached hydrogen (secondary N) is 1. The Morgan fingerprint density at radius 1 is 0.920 bits per heavy atom. The number of benzene rings is 2. The summed E-state index contributed by atoms with van der Waals surface area (Å²) in [6.45, 7) is 5.74. The molecule has 0 atom stereocenters. The number of pyridine rings is 1. The van der Waals surface area contributed by atoms with Crippen molar-refractivity contribution in [3.63, 3.8) is 0 Å². The summed E-state index contributed by atoms with van der Waals surface area (Å²) in [5.74, 6) is 1.37. The molecule has 3 rings (SSSR count). The Hall–Kier alpha value is -3.14. The second-order valence-electron chi connectivity index (χ2n) is 5.93. The number of aryl methyl sites for hydroxylation is 3. The molecule has 0 aliphatic heterocycles. The van der Waals surface area contributed by atoms with Gasteiger partial charge in [0.1, 0.15) is 11.5 Å². The van der Waals surface area contributed by atoms with Crippen LogP contribution in [0.15, 0.2) is 60.7 Å². The van der Waals surface area contributed by atoms with Gasteiger partial charge in [-0.05, 0) is 68.8 Å². The molecular formula is C21H20N2O2. The van der Waals surface area contributed by atoms with E-state index in [1.807, 2.05) is 75.4 Å². The molecule has 3 aromatic rings. The molecule has 1 amide bonds. The number of rotatable bonds is 4. The predicted molar refractivity (Wildman–Crippen MR) is 99.4 cm³/mol. The first-order valence-corrected chi connectivity index (χ1v) is 8.12. The Kier molecular flexibility index (Phi) is 4.80. The molecule has 0 unspecified atom stereocenters. The van der Waals surface area contributed by atoms with Gasteiger partial charge < -0.3 is 10.1 Å². The topological polar surface area (TPSA) is 51.2 Å². The fourth-order valence-corrected chi connectivity index (χ4v) is 2.53. The third-order valence-corrected chi connectivity index (χ3v) is 3.90. The van der Waals surface area contributed by atoms with Crippen molar-refractivity contribution < 1.29 is 9.53 Å². The summed E-state index contributed by atoms with van der Waals surface area (Å²) in [5.41, 5.74) is 3.97. The number of carbonyl (C=O) groups excluding carboxylic acids is 1. The molecule has 0 spiro atoms. The highest BCUT2D eigenvalue weighted by Gasteiger charge is 2.10. The Balaban J connectivity index is 1.70. The summed E-state index contributed by atoms with van der Waals surface area (Å²) < 4.78 is 5.86. The Morgan fingerprint density at radius 2 is 1.64 bits per heavy atom. The first-order valence-electron chi connectivity index (χ1n) is 8.12. The number of hydrogen-bond donors (Lipinski definition) is 1. The van der Waals surface area contributed by atoms with E-state index in [9.17, 15) is 4.79 Å². The van der Waals surface area contributed by atoms with Crippen LogP contribution in [0.2, 0.25) is 0 Å². The van der Waals surface area contributed by atoms with Gasteiger partial charge in [-0.1, -0.05) is 18.2 Å². The number of nitrogens with zero attached hydrogens (tertiary/aromatic N) is 1. The van der Waals surface area contributed by atoms with Crippen molar-refractivity contribution in [2.24, 2.45) is 0 Å². The third-order valence-electron chi connectivity index (χ3n) is 3.90. The van der Waals surface area contributed by atoms with Crippen molar-refractivity contribution in [2.45, 2.75) is 20.8 Å². The molecule has 1 N–H and O–H groups in total. The number of ether oxygens (including phenoxy) is 1. The maximum Gasteiger partial charge on any atom is 0.257 e. The fraction of sp³-hybridized carbons (Fsp3) is 0.143. The average Bonchev–Trinajstić information content (AvgIpc) is 2.58. The maximum atomic E-state index is 12.4. The van der Waals surface area contributed by atoms with Crippen molar-refractivity contribution in [3.05, 3.63) is 83.2 Å². The van der Waals surface area contributed by atoms with Gasteiger partial charge in [0.05, 0.1) is 11.3 Å². The number of para-hydroxylation sites is 1. The molecule has 4 nitrogen and oxygen atoms in total. The average molecular weight is 332 g/mol. The second kappa shape index (κ2) is 7.18. The minimum absolute atomic E-state index is 0.169. The second-order valence-corrected chi connectivity index (χ2v) is 5.93. The van der Waals surface area contributed by atoms with E-state index >= 15 is 0 Å². The molecule has 2 aromatic carbocycles. The minimum atomic E-state index is -0.169. The molecule has 0 aliphatic carbocycles. The van der Waals surface area contributed by atoms with Crippen LogP contribution in [-0.4, -0.2) is 10.9 Å². The SMILES string of the molecule is Cc1ccc(C(=O)Nc2ccc(Oc3ccccc3C)cc2)c(C)n1. The molecule has 0 aliphatic rings. The van der Waals surface area contributed by atoms with Gasteiger partial charge in [0.15, 0.2) is 0 Å². The zero-order valence-corrected chi connectivity index (χ0v) is 14.5. The largest absolute Gasteiger partial charge is 0.457 e. The lowest BCUT2D eigenvalue weighted by atomic mass is 10.1. The van der Waals surface area contributed by atoms with Crippen molar-refractivity contribution in [3.8, 4) is 11.5 Å². The van der Waals surface area contributed by atoms with Crippen LogP contribution in [0.5, 0.6) is 11.5 Å². The van der Waals surface area contributed by atoms with Crippen molar-refractivity contribution in [1.82, 2.24) is 4.98 Å². The monoisotopic (exact) mass is 332 g/mol. The summed E-state index contributed by atoms with van der Waals surface area (Å²) in [6, 6.07) is 18.8. The summed E-state index contributed by atoms with van der Waals surface area (Å²) in [7, 11) is 0. The van der Waals surface area contributed by atoms with Crippen LogP contribution in [-0.2, 0) is 0 Å². The van der Waals surface area contributed by atoms with Gasteiger partial charge in [-0.2, -0.15) is 0 Å². The molecular weight excluding hydrogens is 312 g/mol. The van der Waals surface area contributed by atoms with Crippen LogP contribution >= 0.6 is 0 Å². The van der Waals surface area contributed by atoms with E-state index in [2.05, 4.69) is 10.3 Å². The molecule has 1 heterocycles. The van der Waals surface area contributed by atoms with Crippen molar-refractivity contribution >= 4 is 11.6 Å². The summed E-state index contributed by atoms with van der Waals surface area (Å²) in [6.07, 6.45) is 0. The van der Waals surface area contributed by atoms with E-state index in [4.69, 9.17) is 4.74 Å². The number of hydrogen-bond acceptors (Lipinski definition) is 3. The van der Waals surface area contributed by atoms with E-state index in [0.717, 1.165) is 28.5 Å². The molecule has 0 fully saturated rings. The number of carbonyl (C=O) groups is 1. The highest BCUT2D eigenvalue weighted by atomic mass is 16.5. The van der Waals surface area contributed by atoms with Crippen molar-refractivity contribution in [1.29, 1.82) is 0 Å². The van der Waals surface area contributed by atoms with Gasteiger partial charge in [-0.25, -0.2) is 0 Å². The maximum absolute atomic E-state index is 12.4. The van der Waals surface area contributed by atoms with E-state index in [0.29, 0.717) is 11.3 Å². The zero-order chi connectivity index (χ0) is 17.8. The first kappa shape index (κ1) is 16.7. The van der Waals surface area contributed by atoms with Crippen molar-refractivity contribution in [2.75, 3.05) is 5.32 Å². The lowest BCUT2D eigenvalue weighted by Gasteiger charge is -2.10. The van der Waals surface area contributed by atoms with Gasteiger partial charge in [-0.3, -0.25) is 9.78 Å². The Labute approximate surface area is 147 Å². The van der Waals surface area contributed by atoms with E-state index in [1.54, 1.807) is 6.07 Å². The van der Waals surface area contributed by atoms with E-state index < -0.39 is 0 Å². The smallest absolute Gasteiger partial charge is 0.257 e. The summed E-state index contributed by atoms with van der Waals surface area (Å²) >= 11 is 0. The molecule has 126 valence electrons. The molecule has 0 radical (unpaired) electrons. The molecule has 0 saturated carbocycles. The summed E-state index contributed by atoms with van der Waals surface area (Å²) in [5, 5.41) is 2.89. The van der Waals surface area contributed by atoms with Gasteiger partial charge >= 0.3 is 0 Å². The zero-order valence-electron chi connectivity index (χ0n) is 14.5. The van der Waals surface area contributed by atoms with Crippen LogP contribution in [0, 0.1) is 20.8 Å². The standard InChI is InChI=1S/C21H20N2O2/c1-14-6-4-5-7-20(14)25-18-11-9-17(10-12-18)23-21(24)19-13-8-15(2)22-16(19)3/h4-13H,1-3H3,(H,23,24). The minimum Gasteiger partial charge on any atom is -0.457 e. The molecule has 25 heavy (non-hydrogen) atoms. The van der Waals surface area contributed by atoms with Crippen LogP contribution < -0.4 is 10.1 Å². The molecule has 0 saturated heterocycles. The van der Waals surface area contributed by atoms with Crippen LogP contribution in [0.4, 0.5) is 5.69 Å². The highest BCUT2D eigenvalue weighted by Crippen LogP contribution is 2.25. The molecule has 1 aromatic heterocycles. The number of amides is 1. The van der Waals surface area contributed by atoms with E-state index in [-0.39, 0.29) is 5.91 Å². The highest BCUT2D eigenvalue weighted by molar-refractivity contribution is 6.05. The first-order chi connectivity index (χ1) is 12.0. The normalized spacial score (nSPS) is 10.4. The summed E-state index contributed by atoms with van der Waals surface area (Å²) in [4.78, 5) is 16.7.